The van der Waals surface area contributed by atoms with Gasteiger partial charge < -0.3 is 11.1 Å². The number of carbonyl (C=O) groups is 1. The van der Waals surface area contributed by atoms with E-state index < -0.39 is 6.04 Å². The lowest BCUT2D eigenvalue weighted by Crippen LogP contribution is -2.35. The highest BCUT2D eigenvalue weighted by atomic mass is 16.2. The fraction of sp³-hybridized carbons (Fsp3) is 0.231. The Kier molecular flexibility index (Phi) is 4.92. The van der Waals surface area contributed by atoms with Gasteiger partial charge in [-0.15, -0.1) is 0 Å². The lowest BCUT2D eigenvalue weighted by Gasteiger charge is -2.02. The second kappa shape index (κ2) is 6.46. The highest BCUT2D eigenvalue weighted by molar-refractivity contribution is 5.81. The van der Waals surface area contributed by atoms with Crippen LogP contribution < -0.4 is 11.1 Å². The third kappa shape index (κ3) is 4.49. The number of rotatable bonds is 4. The molecule has 0 heterocycles. The first-order valence-electron chi connectivity index (χ1n) is 5.33. The Morgan fingerprint density at radius 3 is 2.71 bits per heavy atom. The van der Waals surface area contributed by atoms with Gasteiger partial charge in [0.05, 0.1) is 17.7 Å². The first kappa shape index (κ1) is 12.9. The summed E-state index contributed by atoms with van der Waals surface area (Å²) in [4.78, 5) is 11.1. The van der Waals surface area contributed by atoms with Gasteiger partial charge in [-0.3, -0.25) is 4.79 Å². The standard InChI is InChI=1S/C13H15N3O/c1-10(15)13(17)16-8-2-3-11-4-6-12(9-14)7-5-11/h2,4-8,10H,3,15H2,1H3,(H,16,17)/b8-2+. The van der Waals surface area contributed by atoms with Crippen molar-refractivity contribution in [2.24, 2.45) is 5.73 Å². The van der Waals surface area contributed by atoms with Gasteiger partial charge in [-0.1, -0.05) is 18.2 Å². The smallest absolute Gasteiger partial charge is 0.240 e. The summed E-state index contributed by atoms with van der Waals surface area (Å²) in [6.45, 7) is 1.63. The lowest BCUT2D eigenvalue weighted by atomic mass is 10.1. The van der Waals surface area contributed by atoms with Gasteiger partial charge in [0.1, 0.15) is 0 Å². The van der Waals surface area contributed by atoms with E-state index in [9.17, 15) is 4.79 Å². The maximum atomic E-state index is 11.1. The van der Waals surface area contributed by atoms with Crippen LogP contribution in [0, 0.1) is 11.3 Å². The van der Waals surface area contributed by atoms with Crippen LogP contribution in [0.5, 0.6) is 0 Å². The molecule has 0 aromatic heterocycles. The molecule has 0 fully saturated rings. The third-order valence-corrected chi connectivity index (χ3v) is 2.19. The average Bonchev–Trinajstić information content (AvgIpc) is 2.35. The fourth-order valence-corrected chi connectivity index (χ4v) is 1.18. The Bertz CT molecular complexity index is 441. The maximum absolute atomic E-state index is 11.1. The predicted octanol–water partition coefficient (Wildman–Crippen LogP) is 1.08. The zero-order chi connectivity index (χ0) is 12.7. The van der Waals surface area contributed by atoms with Crippen molar-refractivity contribution >= 4 is 5.91 Å². The van der Waals surface area contributed by atoms with E-state index in [4.69, 9.17) is 11.0 Å². The predicted molar refractivity (Wildman–Crippen MR) is 65.8 cm³/mol. The number of hydrogen-bond donors (Lipinski definition) is 2. The molecule has 0 saturated carbocycles. The molecule has 4 heteroatoms. The first-order valence-corrected chi connectivity index (χ1v) is 5.33. The first-order chi connectivity index (χ1) is 8.13. The SMILES string of the molecule is CC(N)C(=O)N/C=C/Cc1ccc(C#N)cc1. The number of nitrogens with one attached hydrogen (secondary N) is 1. The summed E-state index contributed by atoms with van der Waals surface area (Å²) in [6.07, 6.45) is 4.12. The topological polar surface area (TPSA) is 78.9 Å². The third-order valence-electron chi connectivity index (χ3n) is 2.19. The van der Waals surface area contributed by atoms with Crippen LogP contribution >= 0.6 is 0 Å². The molecular weight excluding hydrogens is 214 g/mol. The number of nitrogens with zero attached hydrogens (tertiary/aromatic N) is 1. The van der Waals surface area contributed by atoms with Gasteiger partial charge in [-0.25, -0.2) is 0 Å². The minimum absolute atomic E-state index is 0.207. The summed E-state index contributed by atoms with van der Waals surface area (Å²) >= 11 is 0. The number of amides is 1. The summed E-state index contributed by atoms with van der Waals surface area (Å²) < 4.78 is 0. The molecular formula is C13H15N3O. The van der Waals surface area contributed by atoms with E-state index in [1.165, 1.54) is 0 Å². The molecule has 1 rings (SSSR count). The van der Waals surface area contributed by atoms with Gasteiger partial charge >= 0.3 is 0 Å². The van der Waals surface area contributed by atoms with Crippen molar-refractivity contribution in [3.05, 3.63) is 47.7 Å². The summed E-state index contributed by atoms with van der Waals surface area (Å²) in [5.41, 5.74) is 7.11. The average molecular weight is 229 g/mol. The van der Waals surface area contributed by atoms with E-state index in [1.54, 1.807) is 25.3 Å². The molecule has 3 N–H and O–H groups in total. The number of benzene rings is 1. The Morgan fingerprint density at radius 2 is 2.18 bits per heavy atom. The largest absolute Gasteiger partial charge is 0.332 e. The van der Waals surface area contributed by atoms with Gasteiger partial charge in [-0.05, 0) is 31.0 Å². The summed E-state index contributed by atoms with van der Waals surface area (Å²) in [5.74, 6) is -0.207. The van der Waals surface area contributed by atoms with Gasteiger partial charge in [0, 0.05) is 6.20 Å². The van der Waals surface area contributed by atoms with Crippen LogP contribution in [0.3, 0.4) is 0 Å². The summed E-state index contributed by atoms with van der Waals surface area (Å²) in [6, 6.07) is 8.86. The molecule has 0 aliphatic rings. The van der Waals surface area contributed by atoms with Crippen LogP contribution in [0.15, 0.2) is 36.5 Å². The number of carbonyl (C=O) groups excluding carboxylic acids is 1. The van der Waals surface area contributed by atoms with E-state index in [0.29, 0.717) is 12.0 Å². The van der Waals surface area contributed by atoms with Crippen LogP contribution in [-0.4, -0.2) is 11.9 Å². The molecule has 1 amide bonds. The minimum Gasteiger partial charge on any atom is -0.332 e. The Morgan fingerprint density at radius 1 is 1.53 bits per heavy atom. The van der Waals surface area contributed by atoms with Crippen molar-refractivity contribution in [1.29, 1.82) is 5.26 Å². The zero-order valence-electron chi connectivity index (χ0n) is 9.68. The molecule has 4 nitrogen and oxygen atoms in total. The molecule has 1 unspecified atom stereocenters. The molecule has 0 spiro atoms. The van der Waals surface area contributed by atoms with Crippen molar-refractivity contribution in [1.82, 2.24) is 5.32 Å². The van der Waals surface area contributed by atoms with Crippen molar-refractivity contribution < 1.29 is 4.79 Å². The summed E-state index contributed by atoms with van der Waals surface area (Å²) in [5, 5.41) is 11.2. The molecule has 0 saturated heterocycles. The van der Waals surface area contributed by atoms with Crippen molar-refractivity contribution in [3.63, 3.8) is 0 Å². The van der Waals surface area contributed by atoms with Crippen molar-refractivity contribution in [3.8, 4) is 6.07 Å². The maximum Gasteiger partial charge on any atom is 0.240 e. The van der Waals surface area contributed by atoms with Gasteiger partial charge in [0.2, 0.25) is 5.91 Å². The van der Waals surface area contributed by atoms with Gasteiger partial charge in [-0.2, -0.15) is 5.26 Å². The minimum atomic E-state index is -0.505. The zero-order valence-corrected chi connectivity index (χ0v) is 9.68. The Labute approximate surface area is 101 Å². The number of nitriles is 1. The highest BCUT2D eigenvalue weighted by Crippen LogP contribution is 2.04. The van der Waals surface area contributed by atoms with Crippen LogP contribution in [-0.2, 0) is 11.2 Å². The van der Waals surface area contributed by atoms with E-state index in [-0.39, 0.29) is 5.91 Å². The second-order valence-corrected chi connectivity index (χ2v) is 3.71. The quantitative estimate of drug-likeness (QED) is 0.810. The molecule has 88 valence electrons. The molecule has 1 aromatic rings. The van der Waals surface area contributed by atoms with E-state index >= 15 is 0 Å². The molecule has 0 aliphatic heterocycles. The molecule has 0 radical (unpaired) electrons. The molecule has 1 aromatic carbocycles. The van der Waals surface area contributed by atoms with E-state index in [2.05, 4.69) is 11.4 Å². The number of nitrogens with two attached hydrogens (primary N) is 1. The molecule has 1 atom stereocenters. The van der Waals surface area contributed by atoms with Gasteiger partial charge in [0.15, 0.2) is 0 Å². The van der Waals surface area contributed by atoms with Crippen molar-refractivity contribution in [2.75, 3.05) is 0 Å². The van der Waals surface area contributed by atoms with Crippen LogP contribution in [0.2, 0.25) is 0 Å². The summed E-state index contributed by atoms with van der Waals surface area (Å²) in [7, 11) is 0. The normalized spacial score (nSPS) is 12.1. The highest BCUT2D eigenvalue weighted by Gasteiger charge is 2.02. The second-order valence-electron chi connectivity index (χ2n) is 3.71. The number of hydrogen-bond acceptors (Lipinski definition) is 3. The van der Waals surface area contributed by atoms with Crippen LogP contribution in [0.1, 0.15) is 18.1 Å². The Balaban J connectivity index is 2.42. The van der Waals surface area contributed by atoms with Crippen LogP contribution in [0.4, 0.5) is 0 Å². The molecule has 17 heavy (non-hydrogen) atoms. The lowest BCUT2D eigenvalue weighted by molar-refractivity contribution is -0.121. The van der Waals surface area contributed by atoms with E-state index in [1.807, 2.05) is 18.2 Å². The fourth-order valence-electron chi connectivity index (χ4n) is 1.18. The molecule has 0 bridgehead atoms. The van der Waals surface area contributed by atoms with E-state index in [0.717, 1.165) is 5.56 Å². The monoisotopic (exact) mass is 229 g/mol. The van der Waals surface area contributed by atoms with Crippen LogP contribution in [0.25, 0.3) is 0 Å². The Hall–Kier alpha value is -2.12. The van der Waals surface area contributed by atoms with Crippen molar-refractivity contribution in [2.45, 2.75) is 19.4 Å². The van der Waals surface area contributed by atoms with Gasteiger partial charge in [0.25, 0.3) is 0 Å². The molecule has 0 aliphatic carbocycles. The number of allylic oxidation sites excluding steroid dienone is 1.